The Bertz CT molecular complexity index is 169. The molecule has 1 aliphatic rings. The zero-order valence-electron chi connectivity index (χ0n) is 10.1. The molecule has 3 atom stereocenters. The van der Waals surface area contributed by atoms with Gasteiger partial charge in [0.05, 0.1) is 0 Å². The molecule has 0 aromatic heterocycles. The van der Waals surface area contributed by atoms with Gasteiger partial charge in [-0.3, -0.25) is 0 Å². The second-order valence-corrected chi connectivity index (χ2v) is 4.88. The average molecular weight is 194 g/mol. The molecule has 0 bridgehead atoms. The van der Waals surface area contributed by atoms with E-state index in [9.17, 15) is 0 Å². The normalized spacial score (nSPS) is 32.1. The van der Waals surface area contributed by atoms with E-state index in [-0.39, 0.29) is 0 Å². The van der Waals surface area contributed by atoms with Crippen molar-refractivity contribution in [3.05, 3.63) is 12.2 Å². The summed E-state index contributed by atoms with van der Waals surface area (Å²) in [7, 11) is 0. The van der Waals surface area contributed by atoms with Crippen LogP contribution >= 0.6 is 0 Å². The molecular weight excluding hydrogens is 168 g/mol. The van der Waals surface area contributed by atoms with E-state index in [2.05, 4.69) is 32.9 Å². The van der Waals surface area contributed by atoms with Crippen LogP contribution in [0.1, 0.15) is 59.3 Å². The smallest absolute Gasteiger partial charge is 0.0231 e. The van der Waals surface area contributed by atoms with Crippen molar-refractivity contribution >= 4 is 0 Å². The second kappa shape index (κ2) is 6.27. The molecule has 0 radical (unpaired) electrons. The minimum absolute atomic E-state index is 0.825. The van der Waals surface area contributed by atoms with Gasteiger partial charge >= 0.3 is 0 Å². The van der Waals surface area contributed by atoms with Crippen molar-refractivity contribution in [2.75, 3.05) is 0 Å². The van der Waals surface area contributed by atoms with Crippen molar-refractivity contribution in [1.82, 2.24) is 0 Å². The zero-order chi connectivity index (χ0) is 10.4. The van der Waals surface area contributed by atoms with Gasteiger partial charge in [0, 0.05) is 0 Å². The third-order valence-corrected chi connectivity index (χ3v) is 3.71. The molecule has 0 saturated heterocycles. The molecule has 0 amide bonds. The fraction of sp³-hybridized carbons (Fsp3) is 0.857. The summed E-state index contributed by atoms with van der Waals surface area (Å²) in [6, 6.07) is 0. The van der Waals surface area contributed by atoms with Crippen molar-refractivity contribution in [1.29, 1.82) is 0 Å². The molecule has 0 heterocycles. The number of hydrogen-bond acceptors (Lipinski definition) is 0. The van der Waals surface area contributed by atoms with E-state index in [1.165, 1.54) is 38.5 Å². The van der Waals surface area contributed by atoms with Gasteiger partial charge in [0.15, 0.2) is 0 Å². The molecule has 14 heavy (non-hydrogen) atoms. The first-order valence-electron chi connectivity index (χ1n) is 6.46. The number of rotatable bonds is 5. The van der Waals surface area contributed by atoms with Gasteiger partial charge in [0.1, 0.15) is 0 Å². The van der Waals surface area contributed by atoms with Crippen LogP contribution in [-0.2, 0) is 0 Å². The van der Waals surface area contributed by atoms with Crippen LogP contribution in [-0.4, -0.2) is 0 Å². The molecule has 0 fully saturated rings. The third-order valence-electron chi connectivity index (χ3n) is 3.71. The summed E-state index contributed by atoms with van der Waals surface area (Å²) in [5.41, 5.74) is 0. The van der Waals surface area contributed by atoms with Crippen molar-refractivity contribution in [2.24, 2.45) is 17.8 Å². The molecule has 0 aromatic rings. The van der Waals surface area contributed by atoms with E-state index < -0.39 is 0 Å². The summed E-state index contributed by atoms with van der Waals surface area (Å²) in [4.78, 5) is 0. The molecule has 0 N–H and O–H groups in total. The van der Waals surface area contributed by atoms with Gasteiger partial charge in [-0.2, -0.15) is 0 Å². The highest BCUT2D eigenvalue weighted by atomic mass is 14.3. The van der Waals surface area contributed by atoms with Gasteiger partial charge in [-0.1, -0.05) is 52.2 Å². The molecule has 82 valence electrons. The number of unbranched alkanes of at least 4 members (excludes halogenated alkanes) is 1. The summed E-state index contributed by atoms with van der Waals surface area (Å²) in [6.45, 7) is 7.02. The first-order valence-corrected chi connectivity index (χ1v) is 6.46. The first kappa shape index (κ1) is 11.8. The number of hydrogen-bond donors (Lipinski definition) is 0. The minimum atomic E-state index is 0.825. The predicted octanol–water partition coefficient (Wildman–Crippen LogP) is 4.81. The van der Waals surface area contributed by atoms with E-state index in [0.29, 0.717) is 0 Å². The Morgan fingerprint density at radius 2 is 1.93 bits per heavy atom. The van der Waals surface area contributed by atoms with Gasteiger partial charge in [-0.25, -0.2) is 0 Å². The Morgan fingerprint density at radius 3 is 2.57 bits per heavy atom. The maximum absolute atomic E-state index is 2.43. The summed E-state index contributed by atoms with van der Waals surface area (Å²) in [6.07, 6.45) is 13.2. The van der Waals surface area contributed by atoms with Crippen LogP contribution in [0.15, 0.2) is 12.2 Å². The maximum Gasteiger partial charge on any atom is -0.0231 e. The fourth-order valence-corrected chi connectivity index (χ4v) is 2.84. The molecule has 1 rings (SSSR count). The van der Waals surface area contributed by atoms with Gasteiger partial charge < -0.3 is 0 Å². The van der Waals surface area contributed by atoms with Crippen LogP contribution in [0.2, 0.25) is 0 Å². The van der Waals surface area contributed by atoms with E-state index in [0.717, 1.165) is 17.8 Å². The van der Waals surface area contributed by atoms with Crippen molar-refractivity contribution in [2.45, 2.75) is 59.3 Å². The Kier molecular flexibility index (Phi) is 5.29. The molecule has 0 spiro atoms. The van der Waals surface area contributed by atoms with Crippen molar-refractivity contribution < 1.29 is 0 Å². The maximum atomic E-state index is 2.43. The molecule has 1 aliphatic carbocycles. The SMILES string of the molecule is CCCCC1CC=CC(C)C1CCC. The molecule has 0 aromatic carbocycles. The number of allylic oxidation sites excluding steroid dienone is 2. The Balaban J connectivity index is 2.48. The third kappa shape index (κ3) is 3.15. The topological polar surface area (TPSA) is 0 Å². The highest BCUT2D eigenvalue weighted by Crippen LogP contribution is 2.36. The van der Waals surface area contributed by atoms with Crippen molar-refractivity contribution in [3.63, 3.8) is 0 Å². The Hall–Kier alpha value is -0.260. The van der Waals surface area contributed by atoms with E-state index in [1.54, 1.807) is 0 Å². The van der Waals surface area contributed by atoms with Gasteiger partial charge in [0.2, 0.25) is 0 Å². The summed E-state index contributed by atoms with van der Waals surface area (Å²) in [5.74, 6) is 2.78. The van der Waals surface area contributed by atoms with Crippen LogP contribution in [0.25, 0.3) is 0 Å². The van der Waals surface area contributed by atoms with Crippen LogP contribution in [0, 0.1) is 17.8 Å². The lowest BCUT2D eigenvalue weighted by atomic mass is 9.72. The monoisotopic (exact) mass is 194 g/mol. The zero-order valence-corrected chi connectivity index (χ0v) is 10.1. The van der Waals surface area contributed by atoms with E-state index in [1.807, 2.05) is 0 Å². The van der Waals surface area contributed by atoms with Gasteiger partial charge in [0.25, 0.3) is 0 Å². The lowest BCUT2D eigenvalue weighted by molar-refractivity contribution is 0.225. The van der Waals surface area contributed by atoms with Crippen LogP contribution in [0.5, 0.6) is 0 Å². The van der Waals surface area contributed by atoms with Gasteiger partial charge in [-0.05, 0) is 37.0 Å². The van der Waals surface area contributed by atoms with E-state index >= 15 is 0 Å². The molecule has 0 aliphatic heterocycles. The van der Waals surface area contributed by atoms with Crippen LogP contribution < -0.4 is 0 Å². The second-order valence-electron chi connectivity index (χ2n) is 4.88. The fourth-order valence-electron chi connectivity index (χ4n) is 2.84. The van der Waals surface area contributed by atoms with Crippen LogP contribution in [0.4, 0.5) is 0 Å². The summed E-state index contributed by atoms with van der Waals surface area (Å²) in [5, 5.41) is 0. The summed E-state index contributed by atoms with van der Waals surface area (Å²) < 4.78 is 0. The lowest BCUT2D eigenvalue weighted by Gasteiger charge is -2.33. The van der Waals surface area contributed by atoms with Crippen LogP contribution in [0.3, 0.4) is 0 Å². The molecular formula is C14H26. The molecule has 0 saturated carbocycles. The Labute approximate surface area is 89.8 Å². The van der Waals surface area contributed by atoms with E-state index in [4.69, 9.17) is 0 Å². The first-order chi connectivity index (χ1) is 6.79. The molecule has 0 nitrogen and oxygen atoms in total. The highest BCUT2D eigenvalue weighted by Gasteiger charge is 2.26. The van der Waals surface area contributed by atoms with Crippen molar-refractivity contribution in [3.8, 4) is 0 Å². The quantitative estimate of drug-likeness (QED) is 0.551. The average Bonchev–Trinajstić information content (AvgIpc) is 2.19. The largest absolute Gasteiger partial charge is 0.0880 e. The molecule has 0 heteroatoms. The predicted molar refractivity (Wildman–Crippen MR) is 64.3 cm³/mol. The lowest BCUT2D eigenvalue weighted by Crippen LogP contribution is -2.23. The standard InChI is InChI=1S/C14H26/c1-4-6-10-13-11-7-9-12(3)14(13)8-5-2/h7,9,12-14H,4-6,8,10-11H2,1-3H3. The summed E-state index contributed by atoms with van der Waals surface area (Å²) >= 11 is 0. The Morgan fingerprint density at radius 1 is 1.14 bits per heavy atom. The minimum Gasteiger partial charge on any atom is -0.0880 e. The molecule has 3 unspecified atom stereocenters. The van der Waals surface area contributed by atoms with Gasteiger partial charge in [-0.15, -0.1) is 0 Å². The highest BCUT2D eigenvalue weighted by molar-refractivity contribution is 4.98.